The smallest absolute Gasteiger partial charge is 0.238 e. The van der Waals surface area contributed by atoms with Crippen molar-refractivity contribution in [1.29, 1.82) is 0 Å². The topological polar surface area (TPSA) is 54.0 Å². The Hall–Kier alpha value is -1.11. The lowest BCUT2D eigenvalue weighted by molar-refractivity contribution is -0.115. The number of nitrogens with one attached hydrogen (secondary N) is 2. The van der Waals surface area contributed by atoms with E-state index < -0.39 is 0 Å². The fourth-order valence-electron chi connectivity index (χ4n) is 1.65. The number of fused-ring (bicyclic) bond motifs is 1. The molecule has 2 aromatic rings. The van der Waals surface area contributed by atoms with Gasteiger partial charge in [-0.15, -0.1) is 11.3 Å². The van der Waals surface area contributed by atoms with Gasteiger partial charge in [0.1, 0.15) is 0 Å². The molecule has 0 aliphatic carbocycles. The predicted molar refractivity (Wildman–Crippen MR) is 83.2 cm³/mol. The summed E-state index contributed by atoms with van der Waals surface area (Å²) < 4.78 is 2.15. The van der Waals surface area contributed by atoms with Gasteiger partial charge in [-0.2, -0.15) is 0 Å². The van der Waals surface area contributed by atoms with Crippen LogP contribution in [0.15, 0.2) is 22.5 Å². The minimum absolute atomic E-state index is 0.0117. The maximum atomic E-state index is 11.7. The molecule has 0 aliphatic heterocycles. The number of nitrogens with zero attached hydrogens (tertiary/aromatic N) is 1. The van der Waals surface area contributed by atoms with Crippen molar-refractivity contribution in [3.63, 3.8) is 0 Å². The lowest BCUT2D eigenvalue weighted by atomic mass is 10.3. The SMILES string of the molecule is CCCNCC(=O)Nc1ccc2nc(SC)sc2c1. The molecule has 0 saturated heterocycles. The first-order valence-electron chi connectivity index (χ1n) is 6.18. The molecule has 0 bridgehead atoms. The minimum Gasteiger partial charge on any atom is -0.325 e. The van der Waals surface area contributed by atoms with Gasteiger partial charge in [-0.1, -0.05) is 18.7 Å². The first-order valence-corrected chi connectivity index (χ1v) is 8.22. The highest BCUT2D eigenvalue weighted by molar-refractivity contribution is 8.00. The maximum Gasteiger partial charge on any atom is 0.238 e. The fourth-order valence-corrected chi connectivity index (χ4v) is 3.18. The molecular weight excluding hydrogens is 278 g/mol. The summed E-state index contributed by atoms with van der Waals surface area (Å²) in [5, 5.41) is 5.97. The van der Waals surface area contributed by atoms with Crippen molar-refractivity contribution in [2.24, 2.45) is 0 Å². The van der Waals surface area contributed by atoms with Gasteiger partial charge in [0.15, 0.2) is 4.34 Å². The van der Waals surface area contributed by atoms with Gasteiger partial charge in [-0.05, 0) is 37.4 Å². The van der Waals surface area contributed by atoms with Crippen LogP contribution in [0.3, 0.4) is 0 Å². The fraction of sp³-hybridized carbons (Fsp3) is 0.385. The molecular formula is C13H17N3OS2. The van der Waals surface area contributed by atoms with Crippen LogP contribution in [0.5, 0.6) is 0 Å². The summed E-state index contributed by atoms with van der Waals surface area (Å²) in [6.07, 6.45) is 3.04. The third-order valence-corrected chi connectivity index (χ3v) is 4.54. The average Bonchev–Trinajstić information content (AvgIpc) is 2.81. The summed E-state index contributed by atoms with van der Waals surface area (Å²) in [6, 6.07) is 5.81. The Balaban J connectivity index is 2.02. The molecule has 19 heavy (non-hydrogen) atoms. The summed E-state index contributed by atoms with van der Waals surface area (Å²) >= 11 is 3.28. The van der Waals surface area contributed by atoms with Crippen LogP contribution in [0.25, 0.3) is 10.2 Å². The largest absolute Gasteiger partial charge is 0.325 e. The number of thioether (sulfide) groups is 1. The summed E-state index contributed by atoms with van der Waals surface area (Å²) in [5.74, 6) is -0.0117. The predicted octanol–water partition coefficient (Wildman–Crippen LogP) is 2.96. The van der Waals surface area contributed by atoms with E-state index in [0.29, 0.717) is 6.54 Å². The Labute approximate surface area is 121 Å². The van der Waals surface area contributed by atoms with E-state index in [9.17, 15) is 4.79 Å². The van der Waals surface area contributed by atoms with Crippen LogP contribution >= 0.6 is 23.1 Å². The second kappa shape index (κ2) is 6.88. The van der Waals surface area contributed by atoms with Crippen LogP contribution in [-0.4, -0.2) is 30.2 Å². The number of carbonyl (C=O) groups is 1. The second-order valence-electron chi connectivity index (χ2n) is 4.09. The van der Waals surface area contributed by atoms with E-state index in [2.05, 4.69) is 22.5 Å². The quantitative estimate of drug-likeness (QED) is 0.635. The van der Waals surface area contributed by atoms with Gasteiger partial charge in [0.2, 0.25) is 5.91 Å². The van der Waals surface area contributed by atoms with Crippen LogP contribution in [0.1, 0.15) is 13.3 Å². The molecule has 2 N–H and O–H groups in total. The second-order valence-corrected chi connectivity index (χ2v) is 6.18. The Kier molecular flexibility index (Phi) is 5.18. The van der Waals surface area contributed by atoms with Crippen molar-refractivity contribution in [1.82, 2.24) is 10.3 Å². The molecule has 0 radical (unpaired) electrons. The first kappa shape index (κ1) is 14.3. The highest BCUT2D eigenvalue weighted by Crippen LogP contribution is 2.29. The van der Waals surface area contributed by atoms with Crippen molar-refractivity contribution in [3.05, 3.63) is 18.2 Å². The van der Waals surface area contributed by atoms with Crippen LogP contribution < -0.4 is 10.6 Å². The molecule has 102 valence electrons. The number of amides is 1. The van der Waals surface area contributed by atoms with E-state index >= 15 is 0 Å². The average molecular weight is 295 g/mol. The number of rotatable bonds is 6. The standard InChI is InChI=1S/C13H17N3OS2/c1-3-6-14-8-12(17)15-9-4-5-10-11(7-9)19-13(16-10)18-2/h4-5,7,14H,3,6,8H2,1-2H3,(H,15,17). The molecule has 0 saturated carbocycles. The van der Waals surface area contributed by atoms with Crippen LogP contribution in [0, 0.1) is 0 Å². The highest BCUT2D eigenvalue weighted by Gasteiger charge is 2.06. The Morgan fingerprint density at radius 2 is 2.32 bits per heavy atom. The maximum absolute atomic E-state index is 11.7. The molecule has 1 aromatic heterocycles. The van der Waals surface area contributed by atoms with Gasteiger partial charge in [0.05, 0.1) is 16.8 Å². The molecule has 6 heteroatoms. The van der Waals surface area contributed by atoms with Crippen molar-refractivity contribution in [3.8, 4) is 0 Å². The van der Waals surface area contributed by atoms with Crippen LogP contribution in [0.4, 0.5) is 5.69 Å². The van der Waals surface area contributed by atoms with E-state index in [1.54, 1.807) is 23.1 Å². The first-order chi connectivity index (χ1) is 9.22. The number of anilines is 1. The summed E-state index contributed by atoms with van der Waals surface area (Å²) in [5.41, 5.74) is 1.81. The van der Waals surface area contributed by atoms with Gasteiger partial charge >= 0.3 is 0 Å². The Morgan fingerprint density at radius 1 is 1.47 bits per heavy atom. The highest BCUT2D eigenvalue weighted by atomic mass is 32.2. The lowest BCUT2D eigenvalue weighted by Gasteiger charge is -2.05. The van der Waals surface area contributed by atoms with E-state index in [1.807, 2.05) is 24.5 Å². The monoisotopic (exact) mass is 295 g/mol. The van der Waals surface area contributed by atoms with E-state index in [1.165, 1.54) is 0 Å². The van der Waals surface area contributed by atoms with Crippen molar-refractivity contribution in [2.75, 3.05) is 24.7 Å². The van der Waals surface area contributed by atoms with Crippen LogP contribution in [0.2, 0.25) is 0 Å². The zero-order valence-electron chi connectivity index (χ0n) is 11.0. The number of carbonyl (C=O) groups excluding carboxylic acids is 1. The van der Waals surface area contributed by atoms with Gasteiger partial charge in [-0.3, -0.25) is 4.79 Å². The van der Waals surface area contributed by atoms with E-state index in [-0.39, 0.29) is 5.91 Å². The molecule has 0 aliphatic rings. The van der Waals surface area contributed by atoms with Gasteiger partial charge < -0.3 is 10.6 Å². The third kappa shape index (κ3) is 3.92. The third-order valence-electron chi connectivity index (χ3n) is 2.54. The minimum atomic E-state index is -0.0117. The van der Waals surface area contributed by atoms with Crippen molar-refractivity contribution < 1.29 is 4.79 Å². The molecule has 0 unspecified atom stereocenters. The number of hydrogen-bond acceptors (Lipinski definition) is 5. The van der Waals surface area contributed by atoms with Crippen LogP contribution in [-0.2, 0) is 4.79 Å². The molecule has 0 atom stereocenters. The van der Waals surface area contributed by atoms with Crippen molar-refractivity contribution >= 4 is 44.9 Å². The van der Waals surface area contributed by atoms with E-state index in [0.717, 1.165) is 33.2 Å². The lowest BCUT2D eigenvalue weighted by Crippen LogP contribution is -2.28. The molecule has 4 nitrogen and oxygen atoms in total. The summed E-state index contributed by atoms with van der Waals surface area (Å²) in [7, 11) is 0. The Bertz CT molecular complexity index is 568. The molecule has 1 amide bonds. The van der Waals surface area contributed by atoms with Gasteiger partial charge in [0.25, 0.3) is 0 Å². The van der Waals surface area contributed by atoms with E-state index in [4.69, 9.17) is 0 Å². The zero-order chi connectivity index (χ0) is 13.7. The number of aromatic nitrogens is 1. The number of hydrogen-bond donors (Lipinski definition) is 2. The number of thiazole rings is 1. The number of benzene rings is 1. The van der Waals surface area contributed by atoms with Gasteiger partial charge in [-0.25, -0.2) is 4.98 Å². The molecule has 1 heterocycles. The molecule has 2 rings (SSSR count). The Morgan fingerprint density at radius 3 is 3.05 bits per heavy atom. The molecule has 0 fully saturated rings. The summed E-state index contributed by atoms with van der Waals surface area (Å²) in [4.78, 5) is 16.2. The zero-order valence-corrected chi connectivity index (χ0v) is 12.7. The molecule has 0 spiro atoms. The van der Waals surface area contributed by atoms with Crippen molar-refractivity contribution in [2.45, 2.75) is 17.7 Å². The normalized spacial score (nSPS) is 10.8. The molecule has 1 aromatic carbocycles. The van der Waals surface area contributed by atoms with Gasteiger partial charge in [0, 0.05) is 5.69 Å². The summed E-state index contributed by atoms with van der Waals surface area (Å²) in [6.45, 7) is 3.29.